The molecule has 1 heterocycles. The molecular weight excluding hydrogens is 298 g/mol. The molecule has 0 saturated carbocycles. The van der Waals surface area contributed by atoms with Crippen molar-refractivity contribution in [1.82, 2.24) is 15.3 Å². The van der Waals surface area contributed by atoms with E-state index in [1.807, 2.05) is 25.1 Å². The Morgan fingerprint density at radius 2 is 2.39 bits per heavy atom. The van der Waals surface area contributed by atoms with E-state index < -0.39 is 6.09 Å². The van der Waals surface area contributed by atoms with Gasteiger partial charge in [0, 0.05) is 4.47 Å². The zero-order chi connectivity index (χ0) is 13.1. The number of aromatic nitrogens is 2. The van der Waals surface area contributed by atoms with Crippen LogP contribution in [0, 0.1) is 0 Å². The van der Waals surface area contributed by atoms with Crippen molar-refractivity contribution >= 4 is 33.1 Å². The third-order valence-corrected chi connectivity index (χ3v) is 3.16. The fourth-order valence-electron chi connectivity index (χ4n) is 1.88. The van der Waals surface area contributed by atoms with Gasteiger partial charge in [0.15, 0.2) is 0 Å². The van der Waals surface area contributed by atoms with Crippen LogP contribution in [0.15, 0.2) is 22.7 Å². The molecular formula is C12H14BrN3O2. The van der Waals surface area contributed by atoms with Crippen molar-refractivity contribution in [3.63, 3.8) is 0 Å². The summed E-state index contributed by atoms with van der Waals surface area (Å²) in [5.74, 6) is 0.660. The molecule has 0 saturated heterocycles. The van der Waals surface area contributed by atoms with Crippen LogP contribution in [0.4, 0.5) is 4.79 Å². The maximum atomic E-state index is 10.8. The summed E-state index contributed by atoms with van der Waals surface area (Å²) in [6, 6.07) is 5.43. The zero-order valence-corrected chi connectivity index (χ0v) is 11.5. The van der Waals surface area contributed by atoms with Crippen LogP contribution < -0.4 is 5.32 Å². The number of hydrogen-bond donors (Lipinski definition) is 3. The summed E-state index contributed by atoms with van der Waals surface area (Å²) in [5, 5.41) is 11.3. The third kappa shape index (κ3) is 2.81. The van der Waals surface area contributed by atoms with Crippen LogP contribution in [-0.4, -0.2) is 21.2 Å². The summed E-state index contributed by atoms with van der Waals surface area (Å²) in [6.07, 6.45) is 0.564. The maximum Gasteiger partial charge on any atom is 0.405 e. The Hall–Kier alpha value is -1.56. The van der Waals surface area contributed by atoms with E-state index in [0.29, 0.717) is 12.2 Å². The highest BCUT2D eigenvalue weighted by Crippen LogP contribution is 2.22. The second-order valence-electron chi connectivity index (χ2n) is 4.07. The Morgan fingerprint density at radius 3 is 3.06 bits per heavy atom. The number of rotatable bonds is 4. The number of nitrogens with one attached hydrogen (secondary N) is 2. The van der Waals surface area contributed by atoms with Gasteiger partial charge in [0.1, 0.15) is 5.82 Å². The number of carboxylic acid groups (broad SMARTS) is 1. The first-order chi connectivity index (χ1) is 8.60. The van der Waals surface area contributed by atoms with E-state index in [2.05, 4.69) is 31.2 Å². The third-order valence-electron chi connectivity index (χ3n) is 2.67. The molecule has 1 aromatic heterocycles. The fraction of sp³-hybridized carbons (Fsp3) is 0.333. The average Bonchev–Trinajstić information content (AvgIpc) is 2.70. The van der Waals surface area contributed by atoms with Gasteiger partial charge in [-0.2, -0.15) is 0 Å². The predicted molar refractivity (Wildman–Crippen MR) is 72.6 cm³/mol. The van der Waals surface area contributed by atoms with Gasteiger partial charge in [-0.1, -0.05) is 29.3 Å². The van der Waals surface area contributed by atoms with E-state index in [4.69, 9.17) is 5.11 Å². The predicted octanol–water partition coefficient (Wildman–Crippen LogP) is 3.43. The molecule has 0 spiro atoms. The van der Waals surface area contributed by atoms with E-state index in [1.165, 1.54) is 0 Å². The van der Waals surface area contributed by atoms with Gasteiger partial charge in [0.2, 0.25) is 0 Å². The van der Waals surface area contributed by atoms with Crippen molar-refractivity contribution in [3.05, 3.63) is 28.5 Å². The van der Waals surface area contributed by atoms with Crippen LogP contribution in [0.25, 0.3) is 11.0 Å². The fourth-order valence-corrected chi connectivity index (χ4v) is 2.24. The van der Waals surface area contributed by atoms with Crippen molar-refractivity contribution in [1.29, 1.82) is 0 Å². The van der Waals surface area contributed by atoms with Gasteiger partial charge in [-0.3, -0.25) is 0 Å². The first-order valence-electron chi connectivity index (χ1n) is 5.74. The van der Waals surface area contributed by atoms with Gasteiger partial charge in [0.25, 0.3) is 0 Å². The quantitative estimate of drug-likeness (QED) is 0.809. The number of carbonyl (C=O) groups is 1. The Kier molecular flexibility index (Phi) is 3.86. The zero-order valence-electron chi connectivity index (χ0n) is 9.90. The topological polar surface area (TPSA) is 78.0 Å². The molecule has 0 aliphatic rings. The number of halogens is 1. The molecule has 0 fully saturated rings. The van der Waals surface area contributed by atoms with Crippen LogP contribution in [0.5, 0.6) is 0 Å². The minimum atomic E-state index is -1.03. The molecule has 1 aromatic carbocycles. The Balaban J connectivity index is 2.34. The Morgan fingerprint density at radius 1 is 1.61 bits per heavy atom. The van der Waals surface area contributed by atoms with Crippen LogP contribution in [-0.2, 0) is 0 Å². The number of benzene rings is 1. The molecule has 1 atom stereocenters. The number of hydrogen-bond acceptors (Lipinski definition) is 2. The summed E-state index contributed by atoms with van der Waals surface area (Å²) in [4.78, 5) is 18.4. The molecule has 0 aliphatic heterocycles. The number of imidazole rings is 1. The van der Waals surface area contributed by atoms with Gasteiger partial charge >= 0.3 is 6.09 Å². The highest BCUT2D eigenvalue weighted by molar-refractivity contribution is 9.10. The van der Waals surface area contributed by atoms with Gasteiger partial charge in [0.05, 0.1) is 17.1 Å². The monoisotopic (exact) mass is 311 g/mol. The van der Waals surface area contributed by atoms with Crippen molar-refractivity contribution in [2.75, 3.05) is 0 Å². The van der Waals surface area contributed by atoms with Crippen LogP contribution in [0.3, 0.4) is 0 Å². The number of fused-ring (bicyclic) bond motifs is 1. The lowest BCUT2D eigenvalue weighted by atomic mass is 10.1. The minimum Gasteiger partial charge on any atom is -0.465 e. The summed E-state index contributed by atoms with van der Waals surface area (Å²) in [5.41, 5.74) is 1.73. The van der Waals surface area contributed by atoms with Crippen LogP contribution in [0.2, 0.25) is 0 Å². The molecule has 2 rings (SSSR count). The van der Waals surface area contributed by atoms with Crippen LogP contribution >= 0.6 is 15.9 Å². The highest BCUT2D eigenvalue weighted by atomic mass is 79.9. The standard InChI is InChI=1S/C12H14BrN3O2/c1-2-3-9(16-12(17)18)11-14-8-5-4-7(13)6-10(8)15-11/h4-6,9,16H,2-3H2,1H3,(H,14,15)(H,17,18). The van der Waals surface area contributed by atoms with Crippen molar-refractivity contribution in [2.45, 2.75) is 25.8 Å². The van der Waals surface area contributed by atoms with Crippen molar-refractivity contribution in [2.24, 2.45) is 0 Å². The first kappa shape index (κ1) is 12.9. The summed E-state index contributed by atoms with van der Waals surface area (Å²) in [7, 11) is 0. The summed E-state index contributed by atoms with van der Waals surface area (Å²) < 4.78 is 0.962. The van der Waals surface area contributed by atoms with Gasteiger partial charge in [-0.05, 0) is 24.6 Å². The van der Waals surface area contributed by atoms with E-state index in [0.717, 1.165) is 21.9 Å². The summed E-state index contributed by atoms with van der Waals surface area (Å²) in [6.45, 7) is 2.01. The molecule has 18 heavy (non-hydrogen) atoms. The molecule has 1 amide bonds. The SMILES string of the molecule is CCCC(NC(=O)O)c1nc2ccc(Br)cc2[nH]1. The second kappa shape index (κ2) is 5.39. The maximum absolute atomic E-state index is 10.8. The Bertz CT molecular complexity index is 567. The largest absolute Gasteiger partial charge is 0.465 e. The van der Waals surface area contributed by atoms with E-state index in [1.54, 1.807) is 0 Å². The number of aromatic amines is 1. The average molecular weight is 312 g/mol. The van der Waals surface area contributed by atoms with Gasteiger partial charge < -0.3 is 15.4 Å². The molecule has 96 valence electrons. The van der Waals surface area contributed by atoms with Gasteiger partial charge in [-0.25, -0.2) is 9.78 Å². The lowest BCUT2D eigenvalue weighted by molar-refractivity contribution is 0.188. The molecule has 3 N–H and O–H groups in total. The van der Waals surface area contributed by atoms with E-state index in [-0.39, 0.29) is 6.04 Å². The molecule has 2 aromatic rings. The molecule has 0 aliphatic carbocycles. The van der Waals surface area contributed by atoms with Crippen molar-refractivity contribution < 1.29 is 9.90 Å². The second-order valence-corrected chi connectivity index (χ2v) is 4.99. The Labute approximate surface area is 113 Å². The van der Waals surface area contributed by atoms with Crippen LogP contribution in [0.1, 0.15) is 31.6 Å². The summed E-state index contributed by atoms with van der Waals surface area (Å²) >= 11 is 3.39. The molecule has 1 unspecified atom stereocenters. The number of nitrogens with zero attached hydrogens (tertiary/aromatic N) is 1. The van der Waals surface area contributed by atoms with E-state index in [9.17, 15) is 4.79 Å². The normalized spacial score (nSPS) is 12.6. The highest BCUT2D eigenvalue weighted by Gasteiger charge is 2.17. The number of amides is 1. The lowest BCUT2D eigenvalue weighted by Gasteiger charge is -2.12. The van der Waals surface area contributed by atoms with Gasteiger partial charge in [-0.15, -0.1) is 0 Å². The number of H-pyrrole nitrogens is 1. The molecule has 0 radical (unpaired) electrons. The first-order valence-corrected chi connectivity index (χ1v) is 6.54. The minimum absolute atomic E-state index is 0.293. The lowest BCUT2D eigenvalue weighted by Crippen LogP contribution is -2.27. The molecule has 5 nitrogen and oxygen atoms in total. The van der Waals surface area contributed by atoms with Crippen molar-refractivity contribution in [3.8, 4) is 0 Å². The van der Waals surface area contributed by atoms with E-state index >= 15 is 0 Å². The smallest absolute Gasteiger partial charge is 0.405 e. The molecule has 0 bridgehead atoms. The molecule has 6 heteroatoms.